The van der Waals surface area contributed by atoms with Gasteiger partial charge in [-0.3, -0.25) is 0 Å². The average Bonchev–Trinajstić information content (AvgIpc) is 2.72. The molecule has 0 aliphatic carbocycles. The molecule has 0 bridgehead atoms. The minimum absolute atomic E-state index is 0.665. The first-order valence-corrected chi connectivity index (χ1v) is 6.43. The van der Waals surface area contributed by atoms with E-state index in [2.05, 4.69) is 30.3 Å². The quantitative estimate of drug-likeness (QED) is 0.912. The molecule has 0 amide bonds. The summed E-state index contributed by atoms with van der Waals surface area (Å²) in [6.07, 6.45) is 0. The summed E-state index contributed by atoms with van der Waals surface area (Å²) in [6.45, 7) is 7.98. The number of nitriles is 1. The first kappa shape index (κ1) is 13.3. The van der Waals surface area contributed by atoms with E-state index >= 15 is 0 Å². The van der Waals surface area contributed by atoms with Gasteiger partial charge in [-0.15, -0.1) is 0 Å². The Kier molecular flexibility index (Phi) is 3.98. The molecule has 0 saturated carbocycles. The van der Waals surface area contributed by atoms with Crippen molar-refractivity contribution in [3.63, 3.8) is 0 Å². The summed E-state index contributed by atoms with van der Waals surface area (Å²) in [5.74, 6) is 0. The number of aromatic nitrogens is 2. The molecule has 1 N–H and O–H groups in total. The van der Waals surface area contributed by atoms with Crippen molar-refractivity contribution in [2.45, 2.75) is 27.3 Å². The van der Waals surface area contributed by atoms with Crippen LogP contribution in [0.1, 0.15) is 29.4 Å². The molecule has 4 heteroatoms. The molecular weight excluding hydrogens is 236 g/mol. The van der Waals surface area contributed by atoms with Gasteiger partial charge in [0.15, 0.2) is 0 Å². The van der Waals surface area contributed by atoms with E-state index < -0.39 is 0 Å². The molecule has 0 fully saturated rings. The Morgan fingerprint density at radius 1 is 1.26 bits per heavy atom. The van der Waals surface area contributed by atoms with Crippen molar-refractivity contribution in [3.8, 4) is 11.8 Å². The molecule has 19 heavy (non-hydrogen) atoms. The molecule has 1 aromatic carbocycles. The van der Waals surface area contributed by atoms with Gasteiger partial charge in [0, 0.05) is 17.8 Å². The van der Waals surface area contributed by atoms with Crippen LogP contribution in [0.3, 0.4) is 0 Å². The highest BCUT2D eigenvalue weighted by atomic mass is 15.3. The van der Waals surface area contributed by atoms with E-state index in [-0.39, 0.29) is 0 Å². The van der Waals surface area contributed by atoms with Crippen LogP contribution in [0.2, 0.25) is 0 Å². The van der Waals surface area contributed by atoms with Crippen LogP contribution in [0.15, 0.2) is 24.3 Å². The van der Waals surface area contributed by atoms with Gasteiger partial charge in [-0.2, -0.15) is 10.4 Å². The topological polar surface area (TPSA) is 53.6 Å². The number of rotatable bonds is 4. The van der Waals surface area contributed by atoms with Gasteiger partial charge in [-0.1, -0.05) is 6.92 Å². The normalized spacial score (nSPS) is 10.4. The lowest BCUT2D eigenvalue weighted by Crippen LogP contribution is -2.13. The molecule has 0 spiro atoms. The second kappa shape index (κ2) is 5.68. The Hall–Kier alpha value is -2.12. The smallest absolute Gasteiger partial charge is 0.0991 e. The fourth-order valence-corrected chi connectivity index (χ4v) is 2.11. The SMILES string of the molecule is CCNCc1c(C)nn(-c2ccc(C#N)cc2)c1C. The lowest BCUT2D eigenvalue weighted by atomic mass is 10.2. The zero-order chi connectivity index (χ0) is 13.8. The van der Waals surface area contributed by atoms with Gasteiger partial charge in [0.1, 0.15) is 0 Å². The van der Waals surface area contributed by atoms with E-state index in [0.717, 1.165) is 30.2 Å². The maximum absolute atomic E-state index is 8.82. The Labute approximate surface area is 113 Å². The summed E-state index contributed by atoms with van der Waals surface area (Å²) in [5, 5.41) is 16.7. The van der Waals surface area contributed by atoms with E-state index in [0.29, 0.717) is 5.56 Å². The maximum Gasteiger partial charge on any atom is 0.0991 e. The molecule has 0 radical (unpaired) electrons. The van der Waals surface area contributed by atoms with Gasteiger partial charge >= 0.3 is 0 Å². The van der Waals surface area contributed by atoms with Crippen LogP contribution in [0.5, 0.6) is 0 Å². The Morgan fingerprint density at radius 2 is 1.95 bits per heavy atom. The van der Waals surface area contributed by atoms with Gasteiger partial charge in [0.2, 0.25) is 0 Å². The molecule has 0 atom stereocenters. The fourth-order valence-electron chi connectivity index (χ4n) is 2.11. The van der Waals surface area contributed by atoms with Crippen molar-refractivity contribution in [1.29, 1.82) is 5.26 Å². The fraction of sp³-hybridized carbons (Fsp3) is 0.333. The van der Waals surface area contributed by atoms with E-state index in [1.807, 2.05) is 35.9 Å². The monoisotopic (exact) mass is 254 g/mol. The zero-order valence-corrected chi connectivity index (χ0v) is 11.6. The van der Waals surface area contributed by atoms with Crippen LogP contribution in [0.25, 0.3) is 5.69 Å². The number of nitrogens with zero attached hydrogens (tertiary/aromatic N) is 3. The number of hydrogen-bond donors (Lipinski definition) is 1. The highest BCUT2D eigenvalue weighted by Crippen LogP contribution is 2.18. The summed E-state index contributed by atoms with van der Waals surface area (Å²) in [6, 6.07) is 9.61. The van der Waals surface area contributed by atoms with Gasteiger partial charge in [0.25, 0.3) is 0 Å². The summed E-state index contributed by atoms with van der Waals surface area (Å²) in [5.41, 5.74) is 5.08. The molecular formula is C15H18N4. The minimum Gasteiger partial charge on any atom is -0.313 e. The molecule has 98 valence electrons. The van der Waals surface area contributed by atoms with Crippen molar-refractivity contribution >= 4 is 0 Å². The summed E-state index contributed by atoms with van der Waals surface area (Å²) < 4.78 is 1.93. The second-order valence-corrected chi connectivity index (χ2v) is 4.50. The third-order valence-electron chi connectivity index (χ3n) is 3.23. The molecule has 0 aliphatic rings. The van der Waals surface area contributed by atoms with Gasteiger partial charge < -0.3 is 5.32 Å². The summed E-state index contributed by atoms with van der Waals surface area (Å²) in [7, 11) is 0. The largest absolute Gasteiger partial charge is 0.313 e. The van der Waals surface area contributed by atoms with Crippen LogP contribution < -0.4 is 5.32 Å². The van der Waals surface area contributed by atoms with E-state index in [1.54, 1.807) is 0 Å². The summed E-state index contributed by atoms with van der Waals surface area (Å²) in [4.78, 5) is 0. The van der Waals surface area contributed by atoms with E-state index in [4.69, 9.17) is 5.26 Å². The molecule has 2 rings (SSSR count). The average molecular weight is 254 g/mol. The van der Waals surface area contributed by atoms with Gasteiger partial charge in [0.05, 0.1) is 23.0 Å². The number of nitrogens with one attached hydrogen (secondary N) is 1. The first-order chi connectivity index (χ1) is 9.17. The molecule has 4 nitrogen and oxygen atoms in total. The van der Waals surface area contributed by atoms with Crippen molar-refractivity contribution < 1.29 is 0 Å². The number of benzene rings is 1. The third kappa shape index (κ3) is 2.67. The molecule has 0 saturated heterocycles. The molecule has 2 aromatic rings. The predicted molar refractivity (Wildman–Crippen MR) is 75.1 cm³/mol. The second-order valence-electron chi connectivity index (χ2n) is 4.50. The zero-order valence-electron chi connectivity index (χ0n) is 11.6. The van der Waals surface area contributed by atoms with Crippen molar-refractivity contribution in [2.75, 3.05) is 6.54 Å². The lowest BCUT2D eigenvalue weighted by molar-refractivity contribution is 0.719. The van der Waals surface area contributed by atoms with E-state index in [9.17, 15) is 0 Å². The van der Waals surface area contributed by atoms with Crippen LogP contribution in [-0.4, -0.2) is 16.3 Å². The first-order valence-electron chi connectivity index (χ1n) is 6.43. The molecule has 0 unspecified atom stereocenters. The van der Waals surface area contributed by atoms with Gasteiger partial charge in [-0.05, 0) is 44.7 Å². The number of hydrogen-bond acceptors (Lipinski definition) is 3. The molecule has 0 aliphatic heterocycles. The van der Waals surface area contributed by atoms with Crippen LogP contribution in [-0.2, 0) is 6.54 Å². The van der Waals surface area contributed by atoms with Crippen LogP contribution >= 0.6 is 0 Å². The van der Waals surface area contributed by atoms with Crippen molar-refractivity contribution in [2.24, 2.45) is 0 Å². The van der Waals surface area contributed by atoms with Gasteiger partial charge in [-0.25, -0.2) is 4.68 Å². The summed E-state index contributed by atoms with van der Waals surface area (Å²) >= 11 is 0. The minimum atomic E-state index is 0.665. The third-order valence-corrected chi connectivity index (χ3v) is 3.23. The van der Waals surface area contributed by atoms with E-state index in [1.165, 1.54) is 5.56 Å². The Morgan fingerprint density at radius 3 is 2.53 bits per heavy atom. The standard InChI is InChI=1S/C15H18N4/c1-4-17-10-15-11(2)18-19(12(15)3)14-7-5-13(9-16)6-8-14/h5-8,17H,4,10H2,1-3H3. The van der Waals surface area contributed by atoms with Crippen molar-refractivity contribution in [3.05, 3.63) is 46.8 Å². The predicted octanol–water partition coefficient (Wildman–Crippen LogP) is 2.47. The number of aryl methyl sites for hydroxylation is 1. The Balaban J connectivity index is 2.37. The lowest BCUT2D eigenvalue weighted by Gasteiger charge is -2.06. The molecule has 1 heterocycles. The van der Waals surface area contributed by atoms with Crippen molar-refractivity contribution in [1.82, 2.24) is 15.1 Å². The Bertz CT molecular complexity index is 602. The molecule has 1 aromatic heterocycles. The van der Waals surface area contributed by atoms with Crippen LogP contribution in [0.4, 0.5) is 0 Å². The van der Waals surface area contributed by atoms with Crippen LogP contribution in [0, 0.1) is 25.2 Å². The highest BCUT2D eigenvalue weighted by Gasteiger charge is 2.11. The highest BCUT2D eigenvalue weighted by molar-refractivity contribution is 5.41. The maximum atomic E-state index is 8.82.